The first-order chi connectivity index (χ1) is 7.36. The van der Waals surface area contributed by atoms with E-state index < -0.39 is 0 Å². The van der Waals surface area contributed by atoms with Crippen molar-refractivity contribution in [3.05, 3.63) is 0 Å². The Balaban J connectivity index is 2.80. The highest BCUT2D eigenvalue weighted by molar-refractivity contribution is 5.83. The van der Waals surface area contributed by atoms with Crippen LogP contribution >= 0.6 is 0 Å². The van der Waals surface area contributed by atoms with Crippen molar-refractivity contribution in [2.75, 3.05) is 6.61 Å². The molecule has 0 saturated heterocycles. The van der Waals surface area contributed by atoms with E-state index in [2.05, 4.69) is 20.8 Å². The molecule has 0 aliphatic heterocycles. The summed E-state index contributed by atoms with van der Waals surface area (Å²) in [5, 5.41) is 0. The van der Waals surface area contributed by atoms with Crippen LogP contribution in [-0.2, 0) is 14.3 Å². The minimum absolute atomic E-state index is 0.0203. The van der Waals surface area contributed by atoms with Crippen molar-refractivity contribution < 1.29 is 14.3 Å². The Morgan fingerprint density at radius 2 is 2.06 bits per heavy atom. The summed E-state index contributed by atoms with van der Waals surface area (Å²) >= 11 is 0. The lowest BCUT2D eigenvalue weighted by Gasteiger charge is -2.38. The monoisotopic (exact) mass is 226 g/mol. The molecular weight excluding hydrogens is 204 g/mol. The van der Waals surface area contributed by atoms with Crippen LogP contribution in [-0.4, -0.2) is 18.4 Å². The van der Waals surface area contributed by atoms with Gasteiger partial charge in [-0.25, -0.2) is 0 Å². The lowest BCUT2D eigenvalue weighted by atomic mass is 9.66. The third kappa shape index (κ3) is 3.06. The molecule has 0 aromatic rings. The molecule has 1 aliphatic carbocycles. The number of esters is 1. The number of carbonyl (C=O) groups is 2. The van der Waals surface area contributed by atoms with Gasteiger partial charge in [0.25, 0.3) is 0 Å². The zero-order chi connectivity index (χ0) is 12.3. The maximum Gasteiger partial charge on any atom is 0.309 e. The molecule has 0 bridgehead atoms. The summed E-state index contributed by atoms with van der Waals surface area (Å²) in [6, 6.07) is 0. The molecule has 0 aromatic heterocycles. The number of rotatable bonds is 2. The maximum atomic E-state index is 11.8. The van der Waals surface area contributed by atoms with E-state index in [1.165, 1.54) is 0 Å². The Morgan fingerprint density at radius 3 is 2.56 bits per heavy atom. The summed E-state index contributed by atoms with van der Waals surface area (Å²) in [6.45, 7) is 8.49. The molecule has 2 atom stereocenters. The van der Waals surface area contributed by atoms with Gasteiger partial charge < -0.3 is 4.74 Å². The third-order valence-corrected chi connectivity index (χ3v) is 3.37. The Hall–Kier alpha value is -0.860. The van der Waals surface area contributed by atoms with E-state index in [1.807, 2.05) is 6.92 Å². The van der Waals surface area contributed by atoms with E-state index in [9.17, 15) is 9.59 Å². The number of ketones is 1. The quantitative estimate of drug-likeness (QED) is 0.680. The number of ether oxygens (including phenoxy) is 1. The van der Waals surface area contributed by atoms with Gasteiger partial charge in [0.15, 0.2) is 0 Å². The molecule has 1 saturated carbocycles. The van der Waals surface area contributed by atoms with E-state index >= 15 is 0 Å². The average molecular weight is 226 g/mol. The molecule has 0 N–H and O–H groups in total. The molecule has 0 amide bonds. The largest absolute Gasteiger partial charge is 0.466 e. The maximum absolute atomic E-state index is 11.8. The highest BCUT2D eigenvalue weighted by Crippen LogP contribution is 2.41. The summed E-state index contributed by atoms with van der Waals surface area (Å²) in [4.78, 5) is 23.3. The van der Waals surface area contributed by atoms with Crippen LogP contribution in [0.25, 0.3) is 0 Å². The van der Waals surface area contributed by atoms with Gasteiger partial charge >= 0.3 is 5.97 Å². The number of hydrogen-bond acceptors (Lipinski definition) is 3. The smallest absolute Gasteiger partial charge is 0.309 e. The van der Waals surface area contributed by atoms with E-state index in [1.54, 1.807) is 0 Å². The van der Waals surface area contributed by atoms with Gasteiger partial charge in [-0.15, -0.1) is 0 Å². The molecule has 1 fully saturated rings. The highest BCUT2D eigenvalue weighted by Gasteiger charge is 2.41. The van der Waals surface area contributed by atoms with Crippen LogP contribution in [0.1, 0.15) is 47.0 Å². The number of hydrogen-bond donors (Lipinski definition) is 0. The van der Waals surface area contributed by atoms with Crippen LogP contribution < -0.4 is 0 Å². The standard InChI is InChI=1S/C13H22O3/c1-5-16-12(15)10-7-6-9(14)8-11(10)13(2,3)4/h10-11H,5-8H2,1-4H3. The summed E-state index contributed by atoms with van der Waals surface area (Å²) in [5.74, 6) is 0.167. The molecule has 0 aromatic carbocycles. The van der Waals surface area contributed by atoms with Crippen molar-refractivity contribution >= 4 is 11.8 Å². The second kappa shape index (κ2) is 4.98. The highest BCUT2D eigenvalue weighted by atomic mass is 16.5. The Bertz CT molecular complexity index is 275. The number of carbonyl (C=O) groups excluding carboxylic acids is 2. The fourth-order valence-electron chi connectivity index (χ4n) is 2.45. The summed E-state index contributed by atoms with van der Waals surface area (Å²) in [6.07, 6.45) is 1.70. The van der Waals surface area contributed by atoms with Crippen molar-refractivity contribution in [1.82, 2.24) is 0 Å². The van der Waals surface area contributed by atoms with Crippen LogP contribution in [0.3, 0.4) is 0 Å². The Labute approximate surface area is 97.5 Å². The van der Waals surface area contributed by atoms with Gasteiger partial charge in [-0.2, -0.15) is 0 Å². The number of Topliss-reactive ketones (excluding diaryl/α,β-unsaturated/α-hetero) is 1. The van der Waals surface area contributed by atoms with Crippen LogP contribution in [0.5, 0.6) is 0 Å². The fraction of sp³-hybridized carbons (Fsp3) is 0.846. The van der Waals surface area contributed by atoms with Gasteiger partial charge in [0.1, 0.15) is 5.78 Å². The van der Waals surface area contributed by atoms with Crippen LogP contribution in [0.15, 0.2) is 0 Å². The van der Waals surface area contributed by atoms with Crippen molar-refractivity contribution in [3.63, 3.8) is 0 Å². The zero-order valence-corrected chi connectivity index (χ0v) is 10.7. The second-order valence-corrected chi connectivity index (χ2v) is 5.61. The molecule has 3 heteroatoms. The minimum atomic E-state index is -0.130. The predicted octanol–water partition coefficient (Wildman–Crippen LogP) is 2.58. The third-order valence-electron chi connectivity index (χ3n) is 3.37. The van der Waals surface area contributed by atoms with E-state index in [-0.39, 0.29) is 29.0 Å². The molecule has 0 heterocycles. The Kier molecular flexibility index (Phi) is 4.11. The van der Waals surface area contributed by atoms with Gasteiger partial charge in [0, 0.05) is 12.8 Å². The molecule has 3 nitrogen and oxygen atoms in total. The summed E-state index contributed by atoms with van der Waals surface area (Å²) < 4.78 is 5.09. The topological polar surface area (TPSA) is 43.4 Å². The molecule has 92 valence electrons. The molecular formula is C13H22O3. The lowest BCUT2D eigenvalue weighted by Crippen LogP contribution is -2.39. The molecule has 1 rings (SSSR count). The fourth-order valence-corrected chi connectivity index (χ4v) is 2.45. The first-order valence-electron chi connectivity index (χ1n) is 6.04. The Morgan fingerprint density at radius 1 is 1.44 bits per heavy atom. The van der Waals surface area contributed by atoms with Gasteiger partial charge in [0.2, 0.25) is 0 Å². The van der Waals surface area contributed by atoms with E-state index in [0.717, 1.165) is 0 Å². The first-order valence-corrected chi connectivity index (χ1v) is 6.04. The zero-order valence-electron chi connectivity index (χ0n) is 10.7. The minimum Gasteiger partial charge on any atom is -0.466 e. The van der Waals surface area contributed by atoms with Crippen LogP contribution in [0.2, 0.25) is 0 Å². The predicted molar refractivity (Wildman–Crippen MR) is 61.9 cm³/mol. The molecule has 2 unspecified atom stereocenters. The van der Waals surface area contributed by atoms with Crippen LogP contribution in [0.4, 0.5) is 0 Å². The SMILES string of the molecule is CCOC(=O)C1CCC(=O)CC1C(C)(C)C. The first kappa shape index (κ1) is 13.2. The molecule has 16 heavy (non-hydrogen) atoms. The molecule has 0 radical (unpaired) electrons. The van der Waals surface area contributed by atoms with E-state index in [0.29, 0.717) is 25.9 Å². The summed E-state index contributed by atoms with van der Waals surface area (Å²) in [7, 11) is 0. The van der Waals surface area contributed by atoms with Gasteiger partial charge in [-0.1, -0.05) is 20.8 Å². The molecule has 0 spiro atoms. The second-order valence-electron chi connectivity index (χ2n) is 5.61. The van der Waals surface area contributed by atoms with Gasteiger partial charge in [-0.05, 0) is 24.7 Å². The van der Waals surface area contributed by atoms with Crippen molar-refractivity contribution in [1.29, 1.82) is 0 Å². The average Bonchev–Trinajstić information content (AvgIpc) is 2.16. The van der Waals surface area contributed by atoms with Gasteiger partial charge in [-0.3, -0.25) is 9.59 Å². The summed E-state index contributed by atoms with van der Waals surface area (Å²) in [5.41, 5.74) is -0.0203. The van der Waals surface area contributed by atoms with Gasteiger partial charge in [0.05, 0.1) is 12.5 Å². The normalized spacial score (nSPS) is 26.6. The molecule has 1 aliphatic rings. The van der Waals surface area contributed by atoms with Crippen molar-refractivity contribution in [2.24, 2.45) is 17.3 Å². The lowest BCUT2D eigenvalue weighted by molar-refractivity contribution is -0.154. The van der Waals surface area contributed by atoms with Crippen molar-refractivity contribution in [2.45, 2.75) is 47.0 Å². The van der Waals surface area contributed by atoms with Crippen LogP contribution in [0, 0.1) is 17.3 Å². The van der Waals surface area contributed by atoms with Crippen molar-refractivity contribution in [3.8, 4) is 0 Å². The van der Waals surface area contributed by atoms with E-state index in [4.69, 9.17) is 4.74 Å².